The number of hydrogen-bond donors (Lipinski definition) is 0. The van der Waals surface area contributed by atoms with E-state index in [-0.39, 0.29) is 5.91 Å². The van der Waals surface area contributed by atoms with E-state index in [4.69, 9.17) is 0 Å². The molecule has 2 aromatic carbocycles. The standard InChI is InChI=1S/C24H26N4O/c1-17-8-9-20(16-19(17)3)22-10-11-23(26-25-22)27-12-14-28(15-13-27)24(29)21-7-5-4-6-18(21)2/h4-11,16H,12-15H2,1-3H3. The third-order valence-electron chi connectivity index (χ3n) is 5.72. The van der Waals surface area contributed by atoms with E-state index in [9.17, 15) is 4.79 Å². The molecule has 4 rings (SSSR count). The third kappa shape index (κ3) is 3.99. The molecule has 1 saturated heterocycles. The molecule has 0 N–H and O–H groups in total. The summed E-state index contributed by atoms with van der Waals surface area (Å²) in [7, 11) is 0. The van der Waals surface area contributed by atoms with Crippen molar-refractivity contribution in [2.24, 2.45) is 0 Å². The Hall–Kier alpha value is -3.21. The highest BCUT2D eigenvalue weighted by Crippen LogP contribution is 2.22. The normalized spacial score (nSPS) is 14.2. The van der Waals surface area contributed by atoms with Crippen molar-refractivity contribution in [1.29, 1.82) is 0 Å². The summed E-state index contributed by atoms with van der Waals surface area (Å²) in [6.07, 6.45) is 0. The molecule has 1 fully saturated rings. The molecule has 0 aliphatic carbocycles. The molecule has 1 amide bonds. The van der Waals surface area contributed by atoms with Crippen LogP contribution in [0.5, 0.6) is 0 Å². The lowest BCUT2D eigenvalue weighted by Crippen LogP contribution is -2.49. The summed E-state index contributed by atoms with van der Waals surface area (Å²) < 4.78 is 0. The number of anilines is 1. The number of benzene rings is 2. The predicted octanol–water partition coefficient (Wildman–Crippen LogP) is 4.03. The van der Waals surface area contributed by atoms with Crippen LogP contribution >= 0.6 is 0 Å². The van der Waals surface area contributed by atoms with Crippen molar-refractivity contribution in [3.63, 3.8) is 0 Å². The molecule has 5 heteroatoms. The van der Waals surface area contributed by atoms with Crippen molar-refractivity contribution in [3.05, 3.63) is 76.9 Å². The molecular weight excluding hydrogens is 360 g/mol. The molecule has 148 valence electrons. The molecule has 1 aliphatic heterocycles. The van der Waals surface area contributed by atoms with Crippen LogP contribution in [0.4, 0.5) is 5.82 Å². The maximum absolute atomic E-state index is 12.8. The first kappa shape index (κ1) is 19.1. The Labute approximate surface area is 172 Å². The Balaban J connectivity index is 1.41. The lowest BCUT2D eigenvalue weighted by molar-refractivity contribution is 0.0745. The first-order valence-electron chi connectivity index (χ1n) is 10.0. The topological polar surface area (TPSA) is 49.3 Å². The lowest BCUT2D eigenvalue weighted by Gasteiger charge is -2.35. The number of aryl methyl sites for hydroxylation is 3. The van der Waals surface area contributed by atoms with Gasteiger partial charge in [-0.25, -0.2) is 0 Å². The SMILES string of the molecule is Cc1ccc(-c2ccc(N3CCN(C(=O)c4ccccc4C)CC3)nn2)cc1C. The third-order valence-corrected chi connectivity index (χ3v) is 5.72. The maximum Gasteiger partial charge on any atom is 0.254 e. The average molecular weight is 386 g/mol. The highest BCUT2D eigenvalue weighted by molar-refractivity contribution is 5.95. The van der Waals surface area contributed by atoms with Crippen LogP contribution < -0.4 is 4.90 Å². The van der Waals surface area contributed by atoms with Gasteiger partial charge in [0, 0.05) is 37.3 Å². The van der Waals surface area contributed by atoms with E-state index in [1.165, 1.54) is 11.1 Å². The second-order valence-electron chi connectivity index (χ2n) is 7.67. The monoisotopic (exact) mass is 386 g/mol. The summed E-state index contributed by atoms with van der Waals surface area (Å²) in [5.41, 5.74) is 6.30. The summed E-state index contributed by atoms with van der Waals surface area (Å²) in [6, 6.07) is 18.2. The number of nitrogens with zero attached hydrogens (tertiary/aromatic N) is 4. The van der Waals surface area contributed by atoms with Crippen molar-refractivity contribution in [2.75, 3.05) is 31.1 Å². The first-order chi connectivity index (χ1) is 14.0. The smallest absolute Gasteiger partial charge is 0.254 e. The van der Waals surface area contributed by atoms with Gasteiger partial charge in [0.15, 0.2) is 5.82 Å². The van der Waals surface area contributed by atoms with Gasteiger partial charge in [0.25, 0.3) is 5.91 Å². The van der Waals surface area contributed by atoms with E-state index in [1.807, 2.05) is 48.2 Å². The van der Waals surface area contributed by atoms with Gasteiger partial charge in [-0.15, -0.1) is 10.2 Å². The minimum absolute atomic E-state index is 0.110. The highest BCUT2D eigenvalue weighted by Gasteiger charge is 2.23. The molecular formula is C24H26N4O. The van der Waals surface area contributed by atoms with E-state index in [0.29, 0.717) is 13.1 Å². The second kappa shape index (κ2) is 8.03. The molecule has 5 nitrogen and oxygen atoms in total. The van der Waals surface area contributed by atoms with Crippen molar-refractivity contribution in [1.82, 2.24) is 15.1 Å². The van der Waals surface area contributed by atoms with Crippen LogP contribution in [0.15, 0.2) is 54.6 Å². The Morgan fingerprint density at radius 2 is 1.55 bits per heavy atom. The fraction of sp³-hybridized carbons (Fsp3) is 0.292. The summed E-state index contributed by atoms with van der Waals surface area (Å²) in [4.78, 5) is 16.9. The van der Waals surface area contributed by atoms with E-state index in [2.05, 4.69) is 47.1 Å². The van der Waals surface area contributed by atoms with Crippen LogP contribution in [-0.4, -0.2) is 47.2 Å². The van der Waals surface area contributed by atoms with Gasteiger partial charge in [-0.3, -0.25) is 4.79 Å². The van der Waals surface area contributed by atoms with Crippen molar-refractivity contribution in [3.8, 4) is 11.3 Å². The lowest BCUT2D eigenvalue weighted by atomic mass is 10.0. The summed E-state index contributed by atoms with van der Waals surface area (Å²) in [5, 5.41) is 8.88. The number of carbonyl (C=O) groups is 1. The van der Waals surface area contributed by atoms with Crippen LogP contribution in [0.2, 0.25) is 0 Å². The molecule has 1 aliphatic rings. The fourth-order valence-electron chi connectivity index (χ4n) is 3.67. The van der Waals surface area contributed by atoms with E-state index in [1.54, 1.807) is 0 Å². The van der Waals surface area contributed by atoms with E-state index in [0.717, 1.165) is 41.3 Å². The Morgan fingerprint density at radius 1 is 0.793 bits per heavy atom. The Bertz CT molecular complexity index is 1020. The first-order valence-corrected chi connectivity index (χ1v) is 10.0. The zero-order valence-electron chi connectivity index (χ0n) is 17.2. The van der Waals surface area contributed by atoms with Gasteiger partial charge in [-0.05, 0) is 61.7 Å². The minimum Gasteiger partial charge on any atom is -0.352 e. The zero-order valence-corrected chi connectivity index (χ0v) is 17.2. The van der Waals surface area contributed by atoms with Crippen LogP contribution in [0.25, 0.3) is 11.3 Å². The quantitative estimate of drug-likeness (QED) is 0.682. The maximum atomic E-state index is 12.8. The second-order valence-corrected chi connectivity index (χ2v) is 7.67. The predicted molar refractivity (Wildman–Crippen MR) is 116 cm³/mol. The molecule has 0 saturated carbocycles. The minimum atomic E-state index is 0.110. The van der Waals surface area contributed by atoms with Gasteiger partial charge in [0.1, 0.15) is 0 Å². The Kier molecular flexibility index (Phi) is 5.30. The number of hydrogen-bond acceptors (Lipinski definition) is 4. The molecule has 0 bridgehead atoms. The molecule has 29 heavy (non-hydrogen) atoms. The number of amides is 1. The summed E-state index contributed by atoms with van der Waals surface area (Å²) >= 11 is 0. The largest absolute Gasteiger partial charge is 0.352 e. The highest BCUT2D eigenvalue weighted by atomic mass is 16.2. The van der Waals surface area contributed by atoms with Gasteiger partial charge < -0.3 is 9.80 Å². The molecule has 0 spiro atoms. The van der Waals surface area contributed by atoms with Crippen LogP contribution in [0, 0.1) is 20.8 Å². The van der Waals surface area contributed by atoms with Crippen LogP contribution in [0.3, 0.4) is 0 Å². The molecule has 0 atom stereocenters. The van der Waals surface area contributed by atoms with Gasteiger partial charge in [-0.1, -0.05) is 30.3 Å². The van der Waals surface area contributed by atoms with Crippen molar-refractivity contribution in [2.45, 2.75) is 20.8 Å². The molecule has 2 heterocycles. The number of rotatable bonds is 3. The molecule has 1 aromatic heterocycles. The fourth-order valence-corrected chi connectivity index (χ4v) is 3.67. The number of piperazine rings is 1. The van der Waals surface area contributed by atoms with Gasteiger partial charge in [0.05, 0.1) is 5.69 Å². The Morgan fingerprint density at radius 3 is 2.21 bits per heavy atom. The van der Waals surface area contributed by atoms with E-state index < -0.39 is 0 Å². The van der Waals surface area contributed by atoms with Crippen molar-refractivity contribution < 1.29 is 4.79 Å². The van der Waals surface area contributed by atoms with Gasteiger partial charge >= 0.3 is 0 Å². The van der Waals surface area contributed by atoms with E-state index >= 15 is 0 Å². The number of carbonyl (C=O) groups excluding carboxylic acids is 1. The van der Waals surface area contributed by atoms with Crippen LogP contribution in [-0.2, 0) is 0 Å². The average Bonchev–Trinajstić information content (AvgIpc) is 2.76. The van der Waals surface area contributed by atoms with Crippen LogP contribution in [0.1, 0.15) is 27.0 Å². The summed E-state index contributed by atoms with van der Waals surface area (Å²) in [5.74, 6) is 0.972. The van der Waals surface area contributed by atoms with Crippen molar-refractivity contribution >= 4 is 11.7 Å². The molecule has 0 radical (unpaired) electrons. The molecule has 0 unspecified atom stereocenters. The van der Waals surface area contributed by atoms with Gasteiger partial charge in [-0.2, -0.15) is 0 Å². The van der Waals surface area contributed by atoms with Gasteiger partial charge in [0.2, 0.25) is 0 Å². The zero-order chi connectivity index (χ0) is 20.4. The summed E-state index contributed by atoms with van der Waals surface area (Å²) in [6.45, 7) is 9.10. The molecule has 3 aromatic rings. The number of aromatic nitrogens is 2.